The van der Waals surface area contributed by atoms with Crippen LogP contribution in [-0.4, -0.2) is 23.5 Å². The number of carbonyl (C=O) groups excluding carboxylic acids is 2. The van der Waals surface area contributed by atoms with E-state index in [1.54, 1.807) is 18.2 Å². The van der Waals surface area contributed by atoms with Gasteiger partial charge in [-0.2, -0.15) is 0 Å². The highest BCUT2D eigenvalue weighted by Crippen LogP contribution is 2.09. The number of aromatic nitrogens is 1. The van der Waals surface area contributed by atoms with Gasteiger partial charge < -0.3 is 10.1 Å². The number of carbonyl (C=O) groups is 2. The molecule has 5 nitrogen and oxygen atoms in total. The second-order valence-corrected chi connectivity index (χ2v) is 5.20. The molecule has 0 bridgehead atoms. The van der Waals surface area contributed by atoms with E-state index in [0.29, 0.717) is 10.8 Å². The summed E-state index contributed by atoms with van der Waals surface area (Å²) in [6.07, 6.45) is 4.31. The van der Waals surface area contributed by atoms with E-state index >= 15 is 0 Å². The average molecular weight is 331 g/mol. The van der Waals surface area contributed by atoms with Crippen LogP contribution in [0, 0.1) is 6.92 Å². The fourth-order valence-electron chi connectivity index (χ4n) is 1.66. The van der Waals surface area contributed by atoms with Gasteiger partial charge in [-0.1, -0.05) is 41.4 Å². The number of benzene rings is 1. The first-order valence-corrected chi connectivity index (χ1v) is 7.23. The molecule has 1 heterocycles. The lowest BCUT2D eigenvalue weighted by molar-refractivity contribution is -0.142. The summed E-state index contributed by atoms with van der Waals surface area (Å²) >= 11 is 5.69. The van der Waals surface area contributed by atoms with E-state index < -0.39 is 11.9 Å². The molecular weight excluding hydrogens is 316 g/mol. The number of pyridine rings is 1. The van der Waals surface area contributed by atoms with Crippen LogP contribution in [0.4, 0.5) is 5.82 Å². The van der Waals surface area contributed by atoms with Crippen molar-refractivity contribution in [1.82, 2.24) is 4.98 Å². The van der Waals surface area contributed by atoms with Crippen molar-refractivity contribution in [3.05, 3.63) is 64.8 Å². The third-order valence-electron chi connectivity index (χ3n) is 2.83. The van der Waals surface area contributed by atoms with Crippen LogP contribution in [0.1, 0.15) is 11.1 Å². The molecule has 118 valence electrons. The zero-order valence-electron chi connectivity index (χ0n) is 12.5. The van der Waals surface area contributed by atoms with Gasteiger partial charge in [0, 0.05) is 12.3 Å². The molecule has 0 fully saturated rings. The van der Waals surface area contributed by atoms with Crippen LogP contribution in [0.3, 0.4) is 0 Å². The summed E-state index contributed by atoms with van der Waals surface area (Å²) in [6.45, 7) is 1.59. The SMILES string of the molecule is Cc1ccc(C=CC(=O)OCC(=O)Nc2ccc(Cl)cn2)cc1. The lowest BCUT2D eigenvalue weighted by Gasteiger charge is -2.04. The van der Waals surface area contributed by atoms with Gasteiger partial charge in [0.15, 0.2) is 6.61 Å². The zero-order valence-corrected chi connectivity index (χ0v) is 13.2. The van der Waals surface area contributed by atoms with E-state index in [1.165, 1.54) is 12.3 Å². The molecule has 2 aromatic rings. The van der Waals surface area contributed by atoms with Gasteiger partial charge in [-0.3, -0.25) is 4.79 Å². The molecule has 6 heteroatoms. The number of halogens is 1. The molecule has 0 unspecified atom stereocenters. The molecule has 1 N–H and O–H groups in total. The Morgan fingerprint density at radius 1 is 1.22 bits per heavy atom. The normalized spacial score (nSPS) is 10.5. The highest BCUT2D eigenvalue weighted by molar-refractivity contribution is 6.30. The maximum atomic E-state index is 11.6. The molecule has 0 saturated carbocycles. The van der Waals surface area contributed by atoms with Crippen molar-refractivity contribution in [1.29, 1.82) is 0 Å². The Bertz CT molecular complexity index is 710. The summed E-state index contributed by atoms with van der Waals surface area (Å²) in [5.41, 5.74) is 2.01. The summed E-state index contributed by atoms with van der Waals surface area (Å²) in [4.78, 5) is 27.1. The number of nitrogens with zero attached hydrogens (tertiary/aromatic N) is 1. The van der Waals surface area contributed by atoms with Crippen molar-refractivity contribution < 1.29 is 14.3 Å². The second kappa shape index (κ2) is 8.10. The summed E-state index contributed by atoms with van der Waals surface area (Å²) in [6, 6.07) is 10.8. The topological polar surface area (TPSA) is 68.3 Å². The first-order valence-electron chi connectivity index (χ1n) is 6.86. The van der Waals surface area contributed by atoms with E-state index in [2.05, 4.69) is 10.3 Å². The molecule has 0 saturated heterocycles. The highest BCUT2D eigenvalue weighted by atomic mass is 35.5. The van der Waals surface area contributed by atoms with E-state index in [9.17, 15) is 9.59 Å². The minimum atomic E-state index is -0.593. The molecule has 2 rings (SSSR count). The summed E-state index contributed by atoms with van der Waals surface area (Å²) in [5, 5.41) is 2.96. The van der Waals surface area contributed by atoms with E-state index in [0.717, 1.165) is 11.1 Å². The van der Waals surface area contributed by atoms with Gasteiger partial charge in [0.05, 0.1) is 5.02 Å². The molecule has 0 aliphatic heterocycles. The van der Waals surface area contributed by atoms with Crippen molar-refractivity contribution in [2.75, 3.05) is 11.9 Å². The second-order valence-electron chi connectivity index (χ2n) is 4.76. The predicted molar refractivity (Wildman–Crippen MR) is 89.0 cm³/mol. The number of esters is 1. The van der Waals surface area contributed by atoms with Gasteiger partial charge in [-0.25, -0.2) is 9.78 Å². The van der Waals surface area contributed by atoms with Gasteiger partial charge >= 0.3 is 5.97 Å². The van der Waals surface area contributed by atoms with Crippen molar-refractivity contribution >= 4 is 35.4 Å². The molecule has 0 spiro atoms. The third-order valence-corrected chi connectivity index (χ3v) is 3.05. The lowest BCUT2D eigenvalue weighted by Crippen LogP contribution is -2.20. The molecule has 1 amide bonds. The van der Waals surface area contributed by atoms with Gasteiger partial charge in [-0.15, -0.1) is 0 Å². The fraction of sp³-hybridized carbons (Fsp3) is 0.118. The lowest BCUT2D eigenvalue weighted by atomic mass is 10.1. The Balaban J connectivity index is 1.78. The first-order chi connectivity index (χ1) is 11.0. The number of ether oxygens (including phenoxy) is 1. The van der Waals surface area contributed by atoms with Crippen molar-refractivity contribution in [2.45, 2.75) is 6.92 Å². The standard InChI is InChI=1S/C17H15ClN2O3/c1-12-2-4-13(5-3-12)6-9-17(22)23-11-16(21)20-15-8-7-14(18)10-19-15/h2-10H,11H2,1H3,(H,19,20,21). The Morgan fingerprint density at radius 3 is 2.61 bits per heavy atom. The maximum absolute atomic E-state index is 11.6. The Kier molecular flexibility index (Phi) is 5.88. The molecule has 0 atom stereocenters. The number of hydrogen-bond donors (Lipinski definition) is 1. The highest BCUT2D eigenvalue weighted by Gasteiger charge is 2.06. The number of hydrogen-bond acceptors (Lipinski definition) is 4. The maximum Gasteiger partial charge on any atom is 0.331 e. The number of anilines is 1. The zero-order chi connectivity index (χ0) is 16.7. The summed E-state index contributed by atoms with van der Waals surface area (Å²) in [5.74, 6) is -0.729. The minimum Gasteiger partial charge on any atom is -0.452 e. The Morgan fingerprint density at radius 2 is 1.96 bits per heavy atom. The molecule has 23 heavy (non-hydrogen) atoms. The van der Waals surface area contributed by atoms with Crippen molar-refractivity contribution in [3.8, 4) is 0 Å². The molecule has 0 aliphatic carbocycles. The van der Waals surface area contributed by atoms with Gasteiger partial charge in [-0.05, 0) is 30.7 Å². The van der Waals surface area contributed by atoms with Crippen LogP contribution >= 0.6 is 11.6 Å². The number of amides is 1. The number of aryl methyl sites for hydroxylation is 1. The number of rotatable bonds is 5. The molecule has 1 aromatic heterocycles. The van der Waals surface area contributed by atoms with Gasteiger partial charge in [0.2, 0.25) is 0 Å². The van der Waals surface area contributed by atoms with Crippen LogP contribution in [0.5, 0.6) is 0 Å². The smallest absolute Gasteiger partial charge is 0.331 e. The first kappa shape index (κ1) is 16.7. The molecule has 1 aromatic carbocycles. The quantitative estimate of drug-likeness (QED) is 0.675. The van der Waals surface area contributed by atoms with Crippen molar-refractivity contribution in [2.24, 2.45) is 0 Å². The largest absolute Gasteiger partial charge is 0.452 e. The van der Waals surface area contributed by atoms with E-state index in [-0.39, 0.29) is 6.61 Å². The average Bonchev–Trinajstić information content (AvgIpc) is 2.54. The summed E-state index contributed by atoms with van der Waals surface area (Å²) < 4.78 is 4.85. The fourth-order valence-corrected chi connectivity index (χ4v) is 1.77. The molecule has 0 radical (unpaired) electrons. The van der Waals surface area contributed by atoms with Crippen molar-refractivity contribution in [3.63, 3.8) is 0 Å². The number of nitrogens with one attached hydrogen (secondary N) is 1. The van der Waals surface area contributed by atoms with E-state index in [1.807, 2.05) is 31.2 Å². The Labute approximate surface area is 138 Å². The Hall–Kier alpha value is -2.66. The summed E-state index contributed by atoms with van der Waals surface area (Å²) in [7, 11) is 0. The molecular formula is C17H15ClN2O3. The predicted octanol–water partition coefficient (Wildman–Crippen LogP) is 3.24. The molecule has 0 aliphatic rings. The van der Waals surface area contributed by atoms with Crippen LogP contribution in [-0.2, 0) is 14.3 Å². The van der Waals surface area contributed by atoms with E-state index in [4.69, 9.17) is 16.3 Å². The van der Waals surface area contributed by atoms with Gasteiger partial charge in [0.25, 0.3) is 5.91 Å². The van der Waals surface area contributed by atoms with Gasteiger partial charge in [0.1, 0.15) is 5.82 Å². The van der Waals surface area contributed by atoms with Crippen LogP contribution < -0.4 is 5.32 Å². The monoisotopic (exact) mass is 330 g/mol. The van der Waals surface area contributed by atoms with Crippen LogP contribution in [0.2, 0.25) is 5.02 Å². The minimum absolute atomic E-state index is 0.339. The van der Waals surface area contributed by atoms with Crippen LogP contribution in [0.15, 0.2) is 48.7 Å². The van der Waals surface area contributed by atoms with Crippen LogP contribution in [0.25, 0.3) is 6.08 Å². The third kappa shape index (κ3) is 5.92.